The number of fused-ring (bicyclic) bond motifs is 2. The Morgan fingerprint density at radius 3 is 0.863 bits per heavy atom. The highest BCUT2D eigenvalue weighted by molar-refractivity contribution is 8.00. The highest BCUT2D eigenvalue weighted by Crippen LogP contribution is 2.35. The smallest absolute Gasteiger partial charge is 0.315 e. The Hall–Kier alpha value is -6.80. The van der Waals surface area contributed by atoms with Crippen molar-refractivity contribution in [2.45, 2.75) is 279 Å². The van der Waals surface area contributed by atoms with Crippen LogP contribution >= 0.6 is 104 Å². The molecule has 8 rings (SSSR count). The molecule has 34 nitrogen and oxygen atoms in total. The first kappa shape index (κ1) is 119. The summed E-state index contributed by atoms with van der Waals surface area (Å²) in [7, 11) is 0. The van der Waals surface area contributed by atoms with Crippen LogP contribution in [0.3, 0.4) is 0 Å². The van der Waals surface area contributed by atoms with Gasteiger partial charge in [-0.15, -0.1) is 0 Å². The number of unbranched alkanes of at least 4 members (excludes halogenated alkanes) is 6. The van der Waals surface area contributed by atoms with Gasteiger partial charge in [-0.2, -0.15) is 104 Å². The normalized spacial score (nSPS) is 18.0. The van der Waals surface area contributed by atoms with Gasteiger partial charge in [-0.05, 0) is 151 Å². The van der Waals surface area contributed by atoms with E-state index in [4.69, 9.17) is 0 Å². The minimum Gasteiger partial charge on any atom is -0.386 e. The van der Waals surface area contributed by atoms with Crippen molar-refractivity contribution in [3.8, 4) is 0 Å². The number of hydrogen-bond donors (Lipinski definition) is 16. The monoisotopic (exact) mass is 1890 g/mol. The molecule has 10 atom stereocenters. The number of nitrogens with one attached hydrogen (secondary N) is 14. The van der Waals surface area contributed by atoms with Gasteiger partial charge in [0.25, 0.3) is 0 Å². The Kier molecular flexibility index (Phi) is 66.6. The third-order valence-electron chi connectivity index (χ3n) is 21.1. The molecule has 6 aliphatic rings. The summed E-state index contributed by atoms with van der Waals surface area (Å²) in [5, 5.41) is 62.6. The molecule has 708 valence electrons. The Balaban J connectivity index is 0. The van der Waals surface area contributed by atoms with Gasteiger partial charge in [0.05, 0.1) is 24.2 Å². The number of carbonyl (C=O) groups excluding carboxylic acids is 14. The molecule has 0 bridgehead atoms. The molecular weight excluding hydrogens is 1750 g/mol. The van der Waals surface area contributed by atoms with E-state index in [2.05, 4.69) is 84.4 Å². The molecule has 0 aliphatic carbocycles. The summed E-state index contributed by atoms with van der Waals surface area (Å²) in [6.07, 6.45) is 22.5. The van der Waals surface area contributed by atoms with Crippen LogP contribution in [0, 0.1) is 0 Å². The predicted molar refractivity (Wildman–Crippen MR) is 514 cm³/mol. The van der Waals surface area contributed by atoms with Crippen LogP contribution < -0.4 is 74.4 Å². The Morgan fingerprint density at radius 2 is 0.589 bits per heavy atom. The molecular formula is C82H146N18O16S8. The Morgan fingerprint density at radius 1 is 0.347 bits per heavy atom. The quantitative estimate of drug-likeness (QED) is 0.0318. The van der Waals surface area contributed by atoms with Crippen molar-refractivity contribution in [3.05, 3.63) is 60.2 Å². The number of carbonyl (C=O) groups is 14. The van der Waals surface area contributed by atoms with Gasteiger partial charge in [0.2, 0.25) is 70.9 Å². The molecule has 6 aliphatic heterocycles. The van der Waals surface area contributed by atoms with E-state index in [1.54, 1.807) is 34.1 Å². The van der Waals surface area contributed by atoms with Crippen molar-refractivity contribution in [2.75, 3.05) is 90.0 Å². The van der Waals surface area contributed by atoms with Gasteiger partial charge < -0.3 is 94.4 Å². The fourth-order valence-corrected chi connectivity index (χ4v) is 17.7. The van der Waals surface area contributed by atoms with Gasteiger partial charge in [0.15, 0.2) is 0 Å². The summed E-state index contributed by atoms with van der Waals surface area (Å²) in [6.45, 7) is 5.71. The highest BCUT2D eigenvalue weighted by atomic mass is 32.2. The molecule has 16 amide bonds. The molecule has 6 saturated heterocycles. The van der Waals surface area contributed by atoms with Crippen LogP contribution in [0.4, 0.5) is 9.59 Å². The van der Waals surface area contributed by atoms with E-state index in [9.17, 15) is 77.3 Å². The van der Waals surface area contributed by atoms with E-state index < -0.39 is 24.3 Å². The van der Waals surface area contributed by atoms with E-state index in [1.807, 2.05) is 23.5 Å². The molecule has 0 aromatic carbocycles. The van der Waals surface area contributed by atoms with Crippen molar-refractivity contribution in [1.29, 1.82) is 0 Å². The summed E-state index contributed by atoms with van der Waals surface area (Å²) in [6, 6.07) is 4.96. The van der Waals surface area contributed by atoms with Gasteiger partial charge in [0.1, 0.15) is 24.3 Å². The number of aromatic nitrogens is 2. The average molecular weight is 1900 g/mol. The van der Waals surface area contributed by atoms with Crippen molar-refractivity contribution in [2.24, 2.45) is 0 Å². The summed E-state index contributed by atoms with van der Waals surface area (Å²) in [5.41, 5.74) is 1.02. The van der Waals surface area contributed by atoms with E-state index in [1.165, 1.54) is 24.8 Å². The lowest BCUT2D eigenvalue weighted by atomic mass is 10.0. The summed E-state index contributed by atoms with van der Waals surface area (Å²) in [5.74, 6) is -0.172. The number of aliphatic hydroxyl groups excluding tert-OH is 2. The Bertz CT molecular complexity index is 3250. The third kappa shape index (κ3) is 46.8. The van der Waals surface area contributed by atoms with Crippen molar-refractivity contribution in [1.82, 2.24) is 94.2 Å². The average Bonchev–Trinajstić information content (AvgIpc) is 1.68. The largest absolute Gasteiger partial charge is 0.386 e. The maximum atomic E-state index is 13.1. The number of pyridine rings is 2. The zero-order valence-electron chi connectivity index (χ0n) is 70.1. The molecule has 0 radical (unpaired) electrons. The summed E-state index contributed by atoms with van der Waals surface area (Å²) < 4.78 is 0. The SMILES string of the molecule is C.C.O=C(CCCC[C@@H]1SC[C@@H]2NC(=O)N[C@@H]21)NCCCC(=O)NCCCC(=O)NCCCC(=O)NCCCCCC(=O)N[C@@H](C(=O)N1CCCC1)[C@@H](O)c1ccncc1.O=C(CCCC[C@@H]1SC[C@@H]2NC(=O)N[C@@H]21)NCCCC(=O)NCCCC(=O)NCCCC(=O)NCCCCCC(=O)N[C@H](C(=O)N1CCCC1)[C@H](O)c1ccncc1.S.S.S.S.S.S. The number of amides is 16. The standard InChI is InChI=1S/2C40H63N9O8S.2CH4.6H2S/c2*50-31(12-4-3-11-30-36-29(27-58-30)46-40(57)48-36)43-20-9-15-33(52)45-22-10-16-34(53)44-21-8-14-32(51)42-19-5-1-2-13-35(54)47-37(39(56)49-25-6-7-26-49)38(55)28-17-23-41-24-18-28;;;;;;;;/h2*17-18,23-24,29-30,36-38,55H,1-16,19-22,25-27H2,(H,42,51)(H,43,50)(H,44,53)(H,45,52)(H,47,54)(H2,46,48,57);2*1H4;6*1H2/t29-,30-,36-,37+,38-;29-,30-,36-,37-,38+;;;;;;;;/m00......../s1. The first-order chi connectivity index (χ1) is 56.2. The van der Waals surface area contributed by atoms with Crippen molar-refractivity contribution >= 4 is 187 Å². The first-order valence-corrected chi connectivity index (χ1v) is 44.1. The van der Waals surface area contributed by atoms with Crippen LogP contribution in [0.1, 0.15) is 244 Å². The van der Waals surface area contributed by atoms with Gasteiger partial charge in [-0.3, -0.25) is 67.5 Å². The lowest BCUT2D eigenvalue weighted by molar-refractivity contribution is -0.139. The zero-order valence-corrected chi connectivity index (χ0v) is 77.8. The molecule has 2 aromatic heterocycles. The van der Waals surface area contributed by atoms with Gasteiger partial charge >= 0.3 is 12.1 Å². The first-order valence-electron chi connectivity index (χ1n) is 42.0. The molecule has 8 heterocycles. The minimum absolute atomic E-state index is 0. The van der Waals surface area contributed by atoms with Crippen molar-refractivity contribution in [3.63, 3.8) is 0 Å². The van der Waals surface area contributed by atoms with Gasteiger partial charge in [-0.1, -0.05) is 40.5 Å². The topological polar surface area (TPSA) is 480 Å². The second-order valence-electron chi connectivity index (χ2n) is 30.4. The number of rotatable bonds is 54. The number of aliphatic hydroxyl groups is 2. The molecule has 124 heavy (non-hydrogen) atoms. The van der Waals surface area contributed by atoms with E-state index in [-0.39, 0.29) is 254 Å². The molecule has 6 fully saturated rings. The molecule has 0 saturated carbocycles. The van der Waals surface area contributed by atoms with Crippen molar-refractivity contribution < 1.29 is 77.3 Å². The van der Waals surface area contributed by atoms with Crippen LogP contribution in [-0.4, -0.2) is 250 Å². The maximum Gasteiger partial charge on any atom is 0.315 e. The number of likely N-dealkylation sites (tertiary alicyclic amines) is 2. The number of nitrogens with zero attached hydrogens (tertiary/aromatic N) is 4. The third-order valence-corrected chi connectivity index (χ3v) is 24.1. The van der Waals surface area contributed by atoms with Crippen LogP contribution in [-0.2, 0) is 57.5 Å². The lowest BCUT2D eigenvalue weighted by Gasteiger charge is -2.28. The maximum absolute atomic E-state index is 13.1. The van der Waals surface area contributed by atoms with E-state index >= 15 is 0 Å². The minimum atomic E-state index is -1.19. The Labute approximate surface area is 783 Å². The number of hydrogen-bond acceptors (Lipinski definition) is 20. The van der Waals surface area contributed by atoms with Crippen LogP contribution in [0.25, 0.3) is 0 Å². The predicted octanol–water partition coefficient (Wildman–Crippen LogP) is 4.58. The molecule has 42 heteroatoms. The number of urea groups is 2. The van der Waals surface area contributed by atoms with Crippen LogP contribution in [0.2, 0.25) is 0 Å². The summed E-state index contributed by atoms with van der Waals surface area (Å²) in [4.78, 5) is 183. The zero-order chi connectivity index (χ0) is 83.1. The molecule has 16 N–H and O–H groups in total. The van der Waals surface area contributed by atoms with Gasteiger partial charge in [-0.25, -0.2) is 9.59 Å². The molecule has 0 spiro atoms. The fraction of sp³-hybridized carbons (Fsp3) is 0.707. The van der Waals surface area contributed by atoms with E-state index in [0.29, 0.717) is 190 Å². The number of thioether (sulfide) groups is 2. The lowest BCUT2D eigenvalue weighted by Crippen LogP contribution is -2.51. The van der Waals surface area contributed by atoms with Crippen LogP contribution in [0.5, 0.6) is 0 Å². The summed E-state index contributed by atoms with van der Waals surface area (Å²) >= 11 is 3.74. The molecule has 2 aromatic rings. The van der Waals surface area contributed by atoms with Gasteiger partial charge in [0, 0.05) is 190 Å². The van der Waals surface area contributed by atoms with Crippen LogP contribution in [0.15, 0.2) is 49.1 Å². The fourth-order valence-electron chi connectivity index (χ4n) is 14.6. The molecule has 0 unspecified atom stereocenters. The van der Waals surface area contributed by atoms with E-state index in [0.717, 1.165) is 75.7 Å². The second kappa shape index (κ2) is 69.3. The second-order valence-corrected chi connectivity index (χ2v) is 32.9. The highest BCUT2D eigenvalue weighted by Gasteiger charge is 2.44.